The van der Waals surface area contributed by atoms with Crippen LogP contribution in [0.2, 0.25) is 0 Å². The Morgan fingerprint density at radius 3 is 1.08 bits per heavy atom. The van der Waals surface area contributed by atoms with Gasteiger partial charge in [-0.25, -0.2) is 0 Å². The molecule has 0 aromatic rings. The number of aliphatic carboxylic acids is 1. The SMILES string of the molecule is CCCCCCCCCCCCCCCCCCCC(=O)OCC(COC(OCC[N+](C)(C)C)C(=O)[O-])OC(=O)CCCCCCCCCCCCCCCCCCC. The number of unbranched alkanes of at least 4 members (excludes halogenated alkanes) is 32. The van der Waals surface area contributed by atoms with E-state index in [1.807, 2.05) is 21.1 Å². The average Bonchev–Trinajstić information content (AvgIpc) is 3.19. The quantitative estimate of drug-likeness (QED) is 0.0258. The molecule has 0 rings (SSSR count). The first-order valence-corrected chi connectivity index (χ1v) is 25.2. The van der Waals surface area contributed by atoms with Gasteiger partial charge in [0, 0.05) is 12.8 Å². The standard InChI is InChI=1S/C50H97NO8/c1-6-8-10-12-14-16-18-20-22-24-26-28-30-32-34-36-38-40-47(52)57-44-46(45-58-50(49(54)55)56-43-42-51(3,4)5)59-48(53)41-39-37-35-33-31-29-27-25-23-21-19-17-15-13-11-9-7-2/h46,50H,6-45H2,1-5H3. The minimum absolute atomic E-state index is 0.153. The first-order chi connectivity index (χ1) is 28.6. The zero-order valence-corrected chi connectivity index (χ0v) is 39.7. The summed E-state index contributed by atoms with van der Waals surface area (Å²) in [6.07, 6.45) is 41.3. The van der Waals surface area contributed by atoms with Crippen LogP contribution in [0.25, 0.3) is 0 Å². The van der Waals surface area contributed by atoms with Gasteiger partial charge in [0.1, 0.15) is 13.2 Å². The summed E-state index contributed by atoms with van der Waals surface area (Å²) in [5.41, 5.74) is 0. The van der Waals surface area contributed by atoms with Crippen molar-refractivity contribution < 1.29 is 42.9 Å². The van der Waals surface area contributed by atoms with Crippen LogP contribution in [0.5, 0.6) is 0 Å². The zero-order valence-electron chi connectivity index (χ0n) is 39.7. The molecular formula is C50H97NO8. The monoisotopic (exact) mass is 840 g/mol. The molecule has 0 bridgehead atoms. The van der Waals surface area contributed by atoms with Crippen LogP contribution < -0.4 is 5.11 Å². The number of quaternary nitrogens is 1. The Kier molecular flexibility index (Phi) is 41.7. The summed E-state index contributed by atoms with van der Waals surface area (Å²) in [7, 11) is 5.92. The topological polar surface area (TPSA) is 111 Å². The van der Waals surface area contributed by atoms with Crippen molar-refractivity contribution in [2.24, 2.45) is 0 Å². The van der Waals surface area contributed by atoms with Gasteiger partial charge >= 0.3 is 11.9 Å². The molecule has 0 aliphatic heterocycles. The van der Waals surface area contributed by atoms with E-state index in [4.69, 9.17) is 18.9 Å². The van der Waals surface area contributed by atoms with E-state index in [1.165, 1.54) is 180 Å². The molecule has 2 atom stereocenters. The summed E-state index contributed by atoms with van der Waals surface area (Å²) in [4.78, 5) is 37.1. The van der Waals surface area contributed by atoms with Gasteiger partial charge in [0.2, 0.25) is 0 Å². The van der Waals surface area contributed by atoms with E-state index in [2.05, 4.69) is 13.8 Å². The van der Waals surface area contributed by atoms with Crippen LogP contribution in [0.15, 0.2) is 0 Å². The third-order valence-electron chi connectivity index (χ3n) is 11.4. The van der Waals surface area contributed by atoms with E-state index < -0.39 is 24.3 Å². The maximum absolute atomic E-state index is 12.8. The highest BCUT2D eigenvalue weighted by Crippen LogP contribution is 2.17. The lowest BCUT2D eigenvalue weighted by molar-refractivity contribution is -0.870. The van der Waals surface area contributed by atoms with Crippen molar-refractivity contribution in [3.63, 3.8) is 0 Å². The smallest absolute Gasteiger partial charge is 0.306 e. The number of carboxylic acid groups (broad SMARTS) is 1. The van der Waals surface area contributed by atoms with Gasteiger partial charge in [-0.05, 0) is 12.8 Å². The van der Waals surface area contributed by atoms with Crippen molar-refractivity contribution in [3.8, 4) is 0 Å². The number of hydrogen-bond donors (Lipinski definition) is 0. The average molecular weight is 840 g/mol. The largest absolute Gasteiger partial charge is 0.545 e. The number of hydrogen-bond acceptors (Lipinski definition) is 8. The maximum atomic E-state index is 12.8. The number of nitrogens with zero attached hydrogens (tertiary/aromatic N) is 1. The second kappa shape index (κ2) is 43.0. The number of likely N-dealkylation sites (N-methyl/N-ethyl adjacent to an activating group) is 1. The highest BCUT2D eigenvalue weighted by atomic mass is 16.7. The Morgan fingerprint density at radius 2 is 0.763 bits per heavy atom. The van der Waals surface area contributed by atoms with Gasteiger partial charge in [0.25, 0.3) is 0 Å². The number of rotatable bonds is 47. The number of esters is 2. The third-order valence-corrected chi connectivity index (χ3v) is 11.4. The molecule has 2 unspecified atom stereocenters. The van der Waals surface area contributed by atoms with E-state index in [-0.39, 0.29) is 32.2 Å². The van der Waals surface area contributed by atoms with Crippen LogP contribution >= 0.6 is 0 Å². The Balaban J connectivity index is 4.31. The van der Waals surface area contributed by atoms with Gasteiger partial charge in [0.05, 0.1) is 40.3 Å². The fourth-order valence-electron chi connectivity index (χ4n) is 7.42. The maximum Gasteiger partial charge on any atom is 0.306 e. The number of ether oxygens (including phenoxy) is 4. The summed E-state index contributed by atoms with van der Waals surface area (Å²) >= 11 is 0. The van der Waals surface area contributed by atoms with Crippen molar-refractivity contribution in [2.45, 2.75) is 257 Å². The molecule has 0 N–H and O–H groups in total. The van der Waals surface area contributed by atoms with E-state index in [1.54, 1.807) is 0 Å². The van der Waals surface area contributed by atoms with Gasteiger partial charge in [-0.3, -0.25) is 9.59 Å². The molecule has 0 aliphatic carbocycles. The highest BCUT2D eigenvalue weighted by Gasteiger charge is 2.22. The molecule has 0 aromatic carbocycles. The van der Waals surface area contributed by atoms with Crippen molar-refractivity contribution in [1.29, 1.82) is 0 Å². The summed E-state index contributed by atoms with van der Waals surface area (Å²) < 4.78 is 22.6. The number of carboxylic acids is 1. The lowest BCUT2D eigenvalue weighted by Gasteiger charge is -2.26. The normalized spacial score (nSPS) is 12.8. The van der Waals surface area contributed by atoms with Crippen LogP contribution in [0.1, 0.15) is 245 Å². The molecule has 0 radical (unpaired) electrons. The number of carbonyl (C=O) groups excluding carboxylic acids is 3. The Labute approximate surface area is 364 Å². The van der Waals surface area contributed by atoms with E-state index in [9.17, 15) is 19.5 Å². The van der Waals surface area contributed by atoms with Crippen molar-refractivity contribution in [1.82, 2.24) is 0 Å². The predicted molar refractivity (Wildman–Crippen MR) is 242 cm³/mol. The summed E-state index contributed by atoms with van der Waals surface area (Å²) in [6, 6.07) is 0. The van der Waals surface area contributed by atoms with E-state index >= 15 is 0 Å². The Morgan fingerprint density at radius 1 is 0.441 bits per heavy atom. The molecule has 0 fully saturated rings. The Hall–Kier alpha value is -1.71. The fourth-order valence-corrected chi connectivity index (χ4v) is 7.42. The first kappa shape index (κ1) is 57.3. The van der Waals surface area contributed by atoms with Gasteiger partial charge in [-0.1, -0.05) is 219 Å². The lowest BCUT2D eigenvalue weighted by atomic mass is 10.0. The Bertz CT molecular complexity index is 938. The number of carbonyl (C=O) groups is 3. The fraction of sp³-hybridized carbons (Fsp3) is 0.940. The summed E-state index contributed by atoms with van der Waals surface area (Å²) in [6.45, 7) is 4.79. The van der Waals surface area contributed by atoms with Crippen molar-refractivity contribution in [2.75, 3.05) is 47.5 Å². The van der Waals surface area contributed by atoms with Crippen LogP contribution in [0, 0.1) is 0 Å². The van der Waals surface area contributed by atoms with Crippen molar-refractivity contribution >= 4 is 17.9 Å². The summed E-state index contributed by atoms with van der Waals surface area (Å²) in [5.74, 6) is -2.26. The molecule has 0 heterocycles. The molecule has 0 amide bonds. The van der Waals surface area contributed by atoms with Gasteiger partial charge < -0.3 is 33.3 Å². The second-order valence-electron chi connectivity index (χ2n) is 18.5. The molecule has 0 saturated heterocycles. The van der Waals surface area contributed by atoms with Crippen LogP contribution in [0.4, 0.5) is 0 Å². The van der Waals surface area contributed by atoms with Gasteiger partial charge in [-0.15, -0.1) is 0 Å². The molecular weight excluding hydrogens is 743 g/mol. The van der Waals surface area contributed by atoms with E-state index in [0.29, 0.717) is 17.4 Å². The minimum atomic E-state index is -1.61. The zero-order chi connectivity index (χ0) is 43.5. The lowest BCUT2D eigenvalue weighted by Crippen LogP contribution is -2.44. The highest BCUT2D eigenvalue weighted by molar-refractivity contribution is 5.70. The molecule has 59 heavy (non-hydrogen) atoms. The molecule has 350 valence electrons. The summed E-state index contributed by atoms with van der Waals surface area (Å²) in [5, 5.41) is 11.7. The third kappa shape index (κ3) is 44.2. The molecule has 0 aliphatic rings. The molecule has 9 heteroatoms. The molecule has 0 spiro atoms. The van der Waals surface area contributed by atoms with Crippen LogP contribution in [-0.2, 0) is 33.3 Å². The second-order valence-corrected chi connectivity index (χ2v) is 18.5. The minimum Gasteiger partial charge on any atom is -0.545 e. The first-order valence-electron chi connectivity index (χ1n) is 25.2. The molecule has 9 nitrogen and oxygen atoms in total. The van der Waals surface area contributed by atoms with Gasteiger partial charge in [-0.2, -0.15) is 0 Å². The molecule has 0 aromatic heterocycles. The van der Waals surface area contributed by atoms with Crippen LogP contribution in [0.3, 0.4) is 0 Å². The molecule has 0 saturated carbocycles. The predicted octanol–water partition coefficient (Wildman–Crippen LogP) is 12.3. The van der Waals surface area contributed by atoms with Crippen molar-refractivity contribution in [3.05, 3.63) is 0 Å². The van der Waals surface area contributed by atoms with E-state index in [0.717, 1.165) is 38.5 Å². The van der Waals surface area contributed by atoms with Gasteiger partial charge in [0.15, 0.2) is 12.4 Å². The van der Waals surface area contributed by atoms with Crippen LogP contribution in [-0.4, -0.2) is 82.3 Å².